The van der Waals surface area contributed by atoms with Crippen LogP contribution >= 0.6 is 0 Å². The van der Waals surface area contributed by atoms with Crippen molar-refractivity contribution in [2.75, 3.05) is 18.5 Å². The fraction of sp³-hybridized carbons (Fsp3) is 0.346. The molecule has 0 aliphatic carbocycles. The van der Waals surface area contributed by atoms with Gasteiger partial charge in [-0.15, -0.1) is 0 Å². The smallest absolute Gasteiger partial charge is 0.415 e. The van der Waals surface area contributed by atoms with Crippen molar-refractivity contribution in [1.29, 1.82) is 0 Å². The summed E-state index contributed by atoms with van der Waals surface area (Å²) in [5, 5.41) is 23.2. The molecule has 2 aromatic heterocycles. The van der Waals surface area contributed by atoms with Gasteiger partial charge in [0.05, 0.1) is 17.9 Å². The molecule has 0 fully saturated rings. The summed E-state index contributed by atoms with van der Waals surface area (Å²) < 4.78 is 5.42. The Morgan fingerprint density at radius 2 is 1.89 bits per heavy atom. The van der Waals surface area contributed by atoms with Crippen LogP contribution in [0.4, 0.5) is 15.3 Å². The van der Waals surface area contributed by atoms with Crippen LogP contribution in [0.5, 0.6) is 0 Å². The first-order valence-electron chi connectivity index (χ1n) is 12.0. The van der Waals surface area contributed by atoms with Gasteiger partial charge in [-0.1, -0.05) is 43.7 Å². The number of aryl methyl sites for hydroxylation is 1. The number of carbonyl (C=O) groups excluding carboxylic acids is 2. The number of aromatic nitrogens is 2. The van der Waals surface area contributed by atoms with Crippen LogP contribution in [0.3, 0.4) is 0 Å². The second kappa shape index (κ2) is 13.2. The normalized spacial score (nSPS) is 12.4. The number of aliphatic hydroxyl groups is 1. The molecule has 1 unspecified atom stereocenters. The Labute approximate surface area is 214 Å². The molecule has 11 heteroatoms. The summed E-state index contributed by atoms with van der Waals surface area (Å²) in [7, 11) is 1.56. The van der Waals surface area contributed by atoms with Gasteiger partial charge in [0.25, 0.3) is 5.91 Å². The van der Waals surface area contributed by atoms with Crippen molar-refractivity contribution >= 4 is 23.7 Å². The van der Waals surface area contributed by atoms with Gasteiger partial charge in [0, 0.05) is 19.8 Å². The quantitative estimate of drug-likeness (QED) is 0.353. The molecule has 1 aromatic carbocycles. The lowest BCUT2D eigenvalue weighted by Crippen LogP contribution is -2.49. The molecule has 3 aromatic rings. The standard InChI is InChI=1S/C26H31N5O6/c1-3-4-15-31(26(35)36)25(34)29-20(13-12-18-9-6-5-7-10-18)22(32)23-28-21(17-37-23)24(33)30(2)19-11-8-14-27-16-19/h5-11,14,16-17,20,22,32H,3-4,12-13,15H2,1-2H3,(H,29,34)(H,35,36)/t20-,22?/m0/s1. The Kier molecular flexibility index (Phi) is 9.73. The number of imide groups is 1. The highest BCUT2D eigenvalue weighted by molar-refractivity contribution is 6.04. The summed E-state index contributed by atoms with van der Waals surface area (Å²) in [6.07, 6.45) is 3.39. The van der Waals surface area contributed by atoms with Crippen LogP contribution in [0, 0.1) is 0 Å². The number of carboxylic acid groups (broad SMARTS) is 1. The fourth-order valence-corrected chi connectivity index (χ4v) is 3.65. The molecule has 11 nitrogen and oxygen atoms in total. The molecular formula is C26H31N5O6. The number of amides is 4. The number of nitrogens with one attached hydrogen (secondary N) is 1. The first-order chi connectivity index (χ1) is 17.8. The average molecular weight is 510 g/mol. The molecule has 0 saturated carbocycles. The van der Waals surface area contributed by atoms with E-state index >= 15 is 0 Å². The van der Waals surface area contributed by atoms with Gasteiger partial charge in [0.1, 0.15) is 6.26 Å². The minimum Gasteiger partial charge on any atom is -0.465 e. The maximum Gasteiger partial charge on any atom is 0.415 e. The molecule has 2 atom stereocenters. The van der Waals surface area contributed by atoms with E-state index in [1.54, 1.807) is 25.4 Å². The second-order valence-electron chi connectivity index (χ2n) is 8.46. The zero-order chi connectivity index (χ0) is 26.8. The number of benzene rings is 1. The van der Waals surface area contributed by atoms with E-state index in [1.165, 1.54) is 11.1 Å². The topological polar surface area (TPSA) is 149 Å². The molecule has 196 valence electrons. The maximum atomic E-state index is 12.9. The lowest BCUT2D eigenvalue weighted by atomic mass is 10.0. The minimum absolute atomic E-state index is 0.0253. The number of unbranched alkanes of at least 4 members (excludes halogenated alkanes) is 1. The maximum absolute atomic E-state index is 12.9. The van der Waals surface area contributed by atoms with E-state index in [-0.39, 0.29) is 24.6 Å². The van der Waals surface area contributed by atoms with Crippen molar-refractivity contribution in [3.05, 3.63) is 78.3 Å². The van der Waals surface area contributed by atoms with Crippen LogP contribution in [0.15, 0.2) is 65.5 Å². The SMILES string of the molecule is CCCCN(C(=O)O)C(=O)N[C@@H](CCc1ccccc1)C(O)c1nc(C(=O)N(C)c2cccnc2)co1. The predicted octanol–water partition coefficient (Wildman–Crippen LogP) is 3.87. The molecule has 37 heavy (non-hydrogen) atoms. The highest BCUT2D eigenvalue weighted by Crippen LogP contribution is 2.22. The van der Waals surface area contributed by atoms with Gasteiger partial charge < -0.3 is 24.8 Å². The number of aliphatic hydroxyl groups excluding tert-OH is 1. The average Bonchev–Trinajstić information content (AvgIpc) is 3.41. The number of oxazole rings is 1. The third-order valence-corrected chi connectivity index (χ3v) is 5.82. The fourth-order valence-electron chi connectivity index (χ4n) is 3.65. The third-order valence-electron chi connectivity index (χ3n) is 5.82. The van der Waals surface area contributed by atoms with E-state index in [4.69, 9.17) is 4.42 Å². The van der Waals surface area contributed by atoms with Crippen molar-refractivity contribution in [3.63, 3.8) is 0 Å². The van der Waals surface area contributed by atoms with Gasteiger partial charge in [-0.2, -0.15) is 0 Å². The molecular weight excluding hydrogens is 478 g/mol. The van der Waals surface area contributed by atoms with E-state index in [1.807, 2.05) is 37.3 Å². The van der Waals surface area contributed by atoms with Crippen LogP contribution in [0.25, 0.3) is 0 Å². The molecule has 0 radical (unpaired) electrons. The molecule has 3 rings (SSSR count). The summed E-state index contributed by atoms with van der Waals surface area (Å²) in [6, 6.07) is 11.1. The molecule has 4 amide bonds. The largest absolute Gasteiger partial charge is 0.465 e. The van der Waals surface area contributed by atoms with Crippen molar-refractivity contribution in [2.45, 2.75) is 44.8 Å². The van der Waals surface area contributed by atoms with E-state index in [0.29, 0.717) is 29.8 Å². The Bertz CT molecular complexity index is 1170. The summed E-state index contributed by atoms with van der Waals surface area (Å²) in [6.45, 7) is 1.91. The van der Waals surface area contributed by atoms with Crippen LogP contribution in [0.2, 0.25) is 0 Å². The number of hydrogen-bond acceptors (Lipinski definition) is 7. The van der Waals surface area contributed by atoms with E-state index in [9.17, 15) is 24.6 Å². The number of urea groups is 1. The van der Waals surface area contributed by atoms with Crippen molar-refractivity contribution in [2.24, 2.45) is 0 Å². The van der Waals surface area contributed by atoms with Crippen LogP contribution in [-0.4, -0.2) is 62.7 Å². The Hall–Kier alpha value is -4.25. The van der Waals surface area contributed by atoms with Gasteiger partial charge in [-0.05, 0) is 37.0 Å². The lowest BCUT2D eigenvalue weighted by molar-refractivity contribution is 0.0924. The van der Waals surface area contributed by atoms with Crippen LogP contribution < -0.4 is 10.2 Å². The number of nitrogens with zero attached hydrogens (tertiary/aromatic N) is 4. The van der Waals surface area contributed by atoms with E-state index in [2.05, 4.69) is 15.3 Å². The zero-order valence-electron chi connectivity index (χ0n) is 20.8. The highest BCUT2D eigenvalue weighted by Gasteiger charge is 2.31. The summed E-state index contributed by atoms with van der Waals surface area (Å²) >= 11 is 0. The molecule has 2 heterocycles. The Morgan fingerprint density at radius 1 is 1.14 bits per heavy atom. The van der Waals surface area contributed by atoms with Crippen molar-refractivity contribution < 1.29 is 29.0 Å². The van der Waals surface area contributed by atoms with Gasteiger partial charge in [0.2, 0.25) is 5.89 Å². The first kappa shape index (κ1) is 27.3. The number of hydrogen-bond donors (Lipinski definition) is 3. The molecule has 3 N–H and O–H groups in total. The molecule has 0 saturated heterocycles. The van der Waals surface area contributed by atoms with Gasteiger partial charge >= 0.3 is 12.1 Å². The minimum atomic E-state index is -1.43. The molecule has 0 bridgehead atoms. The number of rotatable bonds is 11. The Balaban J connectivity index is 1.79. The highest BCUT2D eigenvalue weighted by atomic mass is 16.4. The van der Waals surface area contributed by atoms with Gasteiger partial charge in [0.15, 0.2) is 11.8 Å². The number of carbonyl (C=O) groups is 3. The van der Waals surface area contributed by atoms with E-state index < -0.39 is 30.2 Å². The van der Waals surface area contributed by atoms with Crippen LogP contribution in [0.1, 0.15) is 54.2 Å². The lowest BCUT2D eigenvalue weighted by Gasteiger charge is -2.25. The zero-order valence-corrected chi connectivity index (χ0v) is 20.8. The second-order valence-corrected chi connectivity index (χ2v) is 8.46. The third kappa shape index (κ3) is 7.37. The van der Waals surface area contributed by atoms with Crippen molar-refractivity contribution in [1.82, 2.24) is 20.2 Å². The van der Waals surface area contributed by atoms with Crippen LogP contribution in [-0.2, 0) is 6.42 Å². The summed E-state index contributed by atoms with van der Waals surface area (Å²) in [4.78, 5) is 47.5. The first-order valence-corrected chi connectivity index (χ1v) is 12.0. The summed E-state index contributed by atoms with van der Waals surface area (Å²) in [5.41, 5.74) is 1.48. The molecule has 0 aliphatic heterocycles. The molecule has 0 aliphatic rings. The molecule has 0 spiro atoms. The number of anilines is 1. The summed E-state index contributed by atoms with van der Waals surface area (Å²) in [5.74, 6) is -0.645. The van der Waals surface area contributed by atoms with Gasteiger partial charge in [-0.25, -0.2) is 19.5 Å². The number of pyridine rings is 1. The predicted molar refractivity (Wildman–Crippen MR) is 135 cm³/mol. The van der Waals surface area contributed by atoms with Gasteiger partial charge in [-0.3, -0.25) is 9.78 Å². The van der Waals surface area contributed by atoms with E-state index in [0.717, 1.165) is 11.8 Å². The Morgan fingerprint density at radius 3 is 2.54 bits per heavy atom. The van der Waals surface area contributed by atoms with Crippen molar-refractivity contribution in [3.8, 4) is 0 Å². The monoisotopic (exact) mass is 509 g/mol.